The quantitative estimate of drug-likeness (QED) is 0.575. The van der Waals surface area contributed by atoms with Crippen molar-refractivity contribution < 1.29 is 22.7 Å². The van der Waals surface area contributed by atoms with Crippen LogP contribution in [0, 0.1) is 34.5 Å². The molecular weight excluding hydrogens is 438 g/mol. The summed E-state index contributed by atoms with van der Waals surface area (Å²) in [5.41, 5.74) is -0.174. The molecule has 1 aliphatic heterocycles. The summed E-state index contributed by atoms with van der Waals surface area (Å²) in [6.07, 6.45) is 9.27. The monoisotopic (exact) mass is 479 g/mol. The highest BCUT2D eigenvalue weighted by Gasteiger charge is 2.65. The highest BCUT2D eigenvalue weighted by Crippen LogP contribution is 2.68. The van der Waals surface area contributed by atoms with Gasteiger partial charge in [0.05, 0.1) is 18.1 Å². The van der Waals surface area contributed by atoms with Crippen molar-refractivity contribution in [3.05, 3.63) is 0 Å². The topological polar surface area (TPSA) is 80.8 Å². The summed E-state index contributed by atoms with van der Waals surface area (Å²) in [6, 6.07) is 0. The van der Waals surface area contributed by atoms with Gasteiger partial charge < -0.3 is 4.74 Å². The number of fused-ring (bicyclic) bond motifs is 5. The number of sulfone groups is 1. The Morgan fingerprint density at radius 3 is 2.42 bits per heavy atom. The van der Waals surface area contributed by atoms with Gasteiger partial charge >= 0.3 is 5.97 Å². The van der Waals surface area contributed by atoms with Gasteiger partial charge in [-0.15, -0.1) is 0 Å². The predicted octanol–water partition coefficient (Wildman–Crippen LogP) is 3.63. The van der Waals surface area contributed by atoms with Gasteiger partial charge in [-0.3, -0.25) is 14.5 Å². The van der Waals surface area contributed by atoms with Crippen LogP contribution < -0.4 is 0 Å². The second kappa shape index (κ2) is 8.04. The van der Waals surface area contributed by atoms with Crippen molar-refractivity contribution in [3.8, 4) is 0 Å². The van der Waals surface area contributed by atoms with E-state index in [-0.39, 0.29) is 29.4 Å². The molecular formula is C26H41NO5S. The number of rotatable bonds is 3. The minimum Gasteiger partial charge on any atom is -0.458 e. The molecule has 0 bridgehead atoms. The summed E-state index contributed by atoms with van der Waals surface area (Å²) in [5.74, 6) is 3.01. The Morgan fingerprint density at radius 1 is 1.00 bits per heavy atom. The summed E-state index contributed by atoms with van der Waals surface area (Å²) in [5, 5.41) is 0. The van der Waals surface area contributed by atoms with E-state index in [2.05, 4.69) is 20.8 Å². The third-order valence-corrected chi connectivity index (χ3v) is 12.7. The van der Waals surface area contributed by atoms with E-state index in [1.54, 1.807) is 0 Å². The van der Waals surface area contributed by atoms with Crippen molar-refractivity contribution >= 4 is 21.6 Å². The molecule has 33 heavy (non-hydrogen) atoms. The molecule has 7 heteroatoms. The third-order valence-electron chi connectivity index (χ3n) is 11.1. The minimum absolute atomic E-state index is 0.0112. The van der Waals surface area contributed by atoms with E-state index in [1.165, 1.54) is 19.3 Å². The number of hydrogen-bond donors (Lipinski definition) is 0. The maximum Gasteiger partial charge on any atom is 0.320 e. The number of ether oxygens (including phenoxy) is 1. The first-order valence-corrected chi connectivity index (χ1v) is 14.9. The number of carbonyl (C=O) groups is 2. The van der Waals surface area contributed by atoms with Crippen molar-refractivity contribution in [3.63, 3.8) is 0 Å². The Balaban J connectivity index is 1.27. The molecule has 4 aliphatic carbocycles. The van der Waals surface area contributed by atoms with Crippen LogP contribution in [0.2, 0.25) is 0 Å². The number of hydrogen-bond acceptors (Lipinski definition) is 6. The number of Topliss-reactive ketones (excluding diaryl/α,β-unsaturated/α-hetero) is 1. The van der Waals surface area contributed by atoms with Crippen molar-refractivity contribution in [1.29, 1.82) is 0 Å². The normalized spacial score (nSPS) is 47.3. The largest absolute Gasteiger partial charge is 0.458 e. The van der Waals surface area contributed by atoms with Gasteiger partial charge in [0, 0.05) is 31.3 Å². The lowest BCUT2D eigenvalue weighted by Gasteiger charge is -2.61. The molecule has 5 rings (SSSR count). The number of carbonyl (C=O) groups excluding carboxylic acids is 2. The van der Waals surface area contributed by atoms with Gasteiger partial charge in [-0.05, 0) is 81.0 Å². The fourth-order valence-corrected chi connectivity index (χ4v) is 10.1. The molecule has 3 unspecified atom stereocenters. The van der Waals surface area contributed by atoms with E-state index in [4.69, 9.17) is 4.74 Å². The van der Waals surface area contributed by atoms with E-state index in [9.17, 15) is 18.0 Å². The molecule has 0 spiro atoms. The van der Waals surface area contributed by atoms with E-state index in [0.717, 1.165) is 38.5 Å². The van der Waals surface area contributed by atoms with E-state index in [1.807, 2.05) is 4.90 Å². The summed E-state index contributed by atoms with van der Waals surface area (Å²) in [4.78, 5) is 27.0. The Kier molecular flexibility index (Phi) is 5.79. The smallest absolute Gasteiger partial charge is 0.320 e. The zero-order valence-electron chi connectivity index (χ0n) is 20.6. The van der Waals surface area contributed by atoms with Crippen LogP contribution in [-0.2, 0) is 24.2 Å². The van der Waals surface area contributed by atoms with Gasteiger partial charge in [0.15, 0.2) is 9.84 Å². The molecule has 186 valence electrons. The first-order chi connectivity index (χ1) is 15.5. The summed E-state index contributed by atoms with van der Waals surface area (Å²) < 4.78 is 29.7. The lowest BCUT2D eigenvalue weighted by molar-refractivity contribution is -0.186. The average Bonchev–Trinajstić information content (AvgIpc) is 3.00. The highest BCUT2D eigenvalue weighted by atomic mass is 32.2. The zero-order valence-corrected chi connectivity index (χ0v) is 21.4. The highest BCUT2D eigenvalue weighted by molar-refractivity contribution is 7.91. The SMILES string of the molecule is CC1(OC(=O)CN2CCS(=O)(=O)CC2)CC[C@H]2C3CCC4CC(=O)CC[C@]4(C)[C@H]3CC[C@@]21C. The van der Waals surface area contributed by atoms with Gasteiger partial charge in [-0.25, -0.2) is 8.42 Å². The maximum atomic E-state index is 13.0. The van der Waals surface area contributed by atoms with Gasteiger partial charge in [0.1, 0.15) is 11.4 Å². The lowest BCUT2D eigenvalue weighted by atomic mass is 9.44. The van der Waals surface area contributed by atoms with Crippen LogP contribution in [0.4, 0.5) is 0 Å². The number of nitrogens with zero attached hydrogens (tertiary/aromatic N) is 1. The van der Waals surface area contributed by atoms with Crippen molar-refractivity contribution in [2.45, 2.75) is 84.2 Å². The molecule has 0 aromatic carbocycles. The van der Waals surface area contributed by atoms with Crippen LogP contribution in [-0.4, -0.2) is 61.8 Å². The van der Waals surface area contributed by atoms with Crippen LogP contribution in [0.15, 0.2) is 0 Å². The Labute approximate surface area is 199 Å². The Bertz CT molecular complexity index is 919. The van der Waals surface area contributed by atoms with Gasteiger partial charge in [0.2, 0.25) is 0 Å². The molecule has 5 fully saturated rings. The average molecular weight is 480 g/mol. The fraction of sp³-hybridized carbons (Fsp3) is 0.923. The van der Waals surface area contributed by atoms with Crippen molar-refractivity contribution in [2.24, 2.45) is 34.5 Å². The summed E-state index contributed by atoms with van der Waals surface area (Å²) >= 11 is 0. The first-order valence-electron chi connectivity index (χ1n) is 13.1. The molecule has 0 amide bonds. The minimum atomic E-state index is -2.95. The second-order valence-electron chi connectivity index (χ2n) is 12.5. The molecule has 0 aromatic heterocycles. The molecule has 0 aromatic rings. The second-order valence-corrected chi connectivity index (χ2v) is 14.8. The number of ketones is 1. The molecule has 4 saturated carbocycles. The van der Waals surface area contributed by atoms with Gasteiger partial charge in [-0.1, -0.05) is 13.8 Å². The van der Waals surface area contributed by atoms with E-state index >= 15 is 0 Å². The van der Waals surface area contributed by atoms with Crippen molar-refractivity contribution in [2.75, 3.05) is 31.1 Å². The Hall–Kier alpha value is -0.950. The van der Waals surface area contributed by atoms with Crippen LogP contribution in [0.3, 0.4) is 0 Å². The molecule has 7 atom stereocenters. The molecule has 1 heterocycles. The molecule has 1 saturated heterocycles. The van der Waals surface area contributed by atoms with E-state index < -0.39 is 15.4 Å². The maximum absolute atomic E-state index is 13.0. The number of esters is 1. The fourth-order valence-electron chi connectivity index (χ4n) is 8.81. The van der Waals surface area contributed by atoms with Crippen LogP contribution in [0.1, 0.15) is 78.6 Å². The molecule has 5 aliphatic rings. The van der Waals surface area contributed by atoms with Crippen LogP contribution in [0.5, 0.6) is 0 Å². The predicted molar refractivity (Wildman–Crippen MR) is 126 cm³/mol. The zero-order chi connectivity index (χ0) is 23.6. The molecule has 0 radical (unpaired) electrons. The molecule has 6 nitrogen and oxygen atoms in total. The summed E-state index contributed by atoms with van der Waals surface area (Å²) in [7, 11) is -2.95. The summed E-state index contributed by atoms with van der Waals surface area (Å²) in [6.45, 7) is 8.00. The lowest BCUT2D eigenvalue weighted by Crippen LogP contribution is -2.57. The van der Waals surface area contributed by atoms with E-state index in [0.29, 0.717) is 48.0 Å². The first kappa shape index (κ1) is 23.8. The standard InChI is InChI=1S/C26H41NO5S/c1-24-9-6-19(28)16-18(24)4-5-20-21(24)7-10-25(2)22(20)8-11-26(25,3)32-23(29)17-27-12-14-33(30,31)15-13-27/h18,20-22H,4-17H2,1-3H3/t18?,20?,21-,22-,24-,25-,26?/m0/s1. The van der Waals surface area contributed by atoms with Gasteiger partial charge in [0.25, 0.3) is 0 Å². The van der Waals surface area contributed by atoms with Gasteiger partial charge in [-0.2, -0.15) is 0 Å². The Morgan fingerprint density at radius 2 is 1.70 bits per heavy atom. The third kappa shape index (κ3) is 3.89. The molecule has 0 N–H and O–H groups in total. The van der Waals surface area contributed by atoms with Crippen molar-refractivity contribution in [1.82, 2.24) is 4.90 Å². The van der Waals surface area contributed by atoms with Crippen LogP contribution >= 0.6 is 0 Å². The van der Waals surface area contributed by atoms with Crippen LogP contribution in [0.25, 0.3) is 0 Å².